The number of methoxy groups -OCH3 is 1. The Morgan fingerprint density at radius 3 is 2.76 bits per heavy atom. The van der Waals surface area contributed by atoms with Gasteiger partial charge in [-0.05, 0) is 36.5 Å². The minimum Gasteiger partial charge on any atom is -0.497 e. The number of rotatable bonds is 8. The first-order valence-corrected chi connectivity index (χ1v) is 9.93. The van der Waals surface area contributed by atoms with Crippen molar-refractivity contribution in [3.05, 3.63) is 71.9 Å². The van der Waals surface area contributed by atoms with Crippen LogP contribution in [0.2, 0.25) is 0 Å². The van der Waals surface area contributed by atoms with Gasteiger partial charge in [0, 0.05) is 24.3 Å². The molecule has 1 fully saturated rings. The first-order valence-electron chi connectivity index (χ1n) is 9.93. The van der Waals surface area contributed by atoms with E-state index in [0.29, 0.717) is 30.3 Å². The van der Waals surface area contributed by atoms with E-state index in [1.54, 1.807) is 18.0 Å². The molecule has 6 heteroatoms. The number of nitrogens with zero attached hydrogens (tertiary/aromatic N) is 2. The van der Waals surface area contributed by atoms with Crippen LogP contribution in [0.5, 0.6) is 5.75 Å². The number of ether oxygens (including phenoxy) is 1. The Hall–Kier alpha value is -3.12. The van der Waals surface area contributed by atoms with Gasteiger partial charge in [0.2, 0.25) is 0 Å². The molecule has 6 nitrogen and oxygen atoms in total. The third kappa shape index (κ3) is 4.66. The molecule has 1 aromatic heterocycles. The lowest BCUT2D eigenvalue weighted by molar-refractivity contribution is 0.0951. The average Bonchev–Trinajstić information content (AvgIpc) is 3.53. The monoisotopic (exact) mass is 390 g/mol. The Morgan fingerprint density at radius 2 is 2.03 bits per heavy atom. The van der Waals surface area contributed by atoms with E-state index in [9.17, 15) is 4.79 Å². The maximum absolute atomic E-state index is 13.0. The van der Waals surface area contributed by atoms with Gasteiger partial charge in [0.25, 0.3) is 5.91 Å². The number of hydrogen-bond acceptors (Lipinski definition) is 4. The Labute approximate surface area is 170 Å². The van der Waals surface area contributed by atoms with E-state index in [2.05, 4.69) is 5.32 Å². The van der Waals surface area contributed by atoms with Gasteiger partial charge in [-0.25, -0.2) is 0 Å². The predicted octanol–water partition coefficient (Wildman–Crippen LogP) is 3.07. The molecule has 3 aromatic rings. The second-order valence-corrected chi connectivity index (χ2v) is 7.52. The normalized spacial score (nSPS) is 14.4. The zero-order chi connectivity index (χ0) is 20.2. The van der Waals surface area contributed by atoms with Crippen molar-refractivity contribution in [2.45, 2.75) is 25.4 Å². The van der Waals surface area contributed by atoms with Crippen LogP contribution in [0.3, 0.4) is 0 Å². The van der Waals surface area contributed by atoms with E-state index in [0.717, 1.165) is 29.7 Å². The van der Waals surface area contributed by atoms with Crippen LogP contribution < -0.4 is 15.8 Å². The average molecular weight is 390 g/mol. The van der Waals surface area contributed by atoms with Gasteiger partial charge in [-0.2, -0.15) is 5.10 Å². The van der Waals surface area contributed by atoms with E-state index in [4.69, 9.17) is 15.6 Å². The molecule has 2 aromatic carbocycles. The number of amides is 1. The highest BCUT2D eigenvalue weighted by molar-refractivity contribution is 5.99. The highest BCUT2D eigenvalue weighted by Crippen LogP contribution is 2.31. The molecule has 1 aliphatic rings. The summed E-state index contributed by atoms with van der Waals surface area (Å²) in [5, 5.41) is 7.70. The number of carbonyl (C=O) groups excluding carboxylic acids is 1. The molecule has 4 rings (SSSR count). The minimum absolute atomic E-state index is 0.0126. The number of benzene rings is 2. The van der Waals surface area contributed by atoms with Crippen molar-refractivity contribution < 1.29 is 9.53 Å². The third-order valence-electron chi connectivity index (χ3n) is 5.26. The molecule has 1 unspecified atom stereocenters. The summed E-state index contributed by atoms with van der Waals surface area (Å²) in [6.07, 6.45) is 4.11. The Balaban J connectivity index is 1.62. The number of hydrogen-bond donors (Lipinski definition) is 2. The molecule has 150 valence electrons. The van der Waals surface area contributed by atoms with Crippen molar-refractivity contribution in [1.29, 1.82) is 0 Å². The van der Waals surface area contributed by atoms with Crippen molar-refractivity contribution in [2.24, 2.45) is 11.7 Å². The SMILES string of the molecule is COc1cccc(-c2nn(Cc3ccccc3)cc2C(=O)NCC(N)C2CC2)c1. The Morgan fingerprint density at radius 1 is 1.24 bits per heavy atom. The van der Waals surface area contributed by atoms with Crippen LogP contribution in [-0.4, -0.2) is 35.4 Å². The van der Waals surface area contributed by atoms with Gasteiger partial charge in [0.05, 0.1) is 19.2 Å². The topological polar surface area (TPSA) is 82.2 Å². The van der Waals surface area contributed by atoms with Gasteiger partial charge < -0.3 is 15.8 Å². The summed E-state index contributed by atoms with van der Waals surface area (Å²) in [5.74, 6) is 1.11. The van der Waals surface area contributed by atoms with Crippen LogP contribution in [0, 0.1) is 5.92 Å². The Kier molecular flexibility index (Phi) is 5.62. The summed E-state index contributed by atoms with van der Waals surface area (Å²) >= 11 is 0. The first kappa shape index (κ1) is 19.2. The molecule has 0 bridgehead atoms. The molecular formula is C23H26N4O2. The second kappa shape index (κ2) is 8.49. The van der Waals surface area contributed by atoms with Gasteiger partial charge in [0.1, 0.15) is 11.4 Å². The molecule has 1 atom stereocenters. The molecule has 1 saturated carbocycles. The zero-order valence-corrected chi connectivity index (χ0v) is 16.5. The molecule has 3 N–H and O–H groups in total. The summed E-state index contributed by atoms with van der Waals surface area (Å²) in [4.78, 5) is 13.0. The van der Waals surface area contributed by atoms with Crippen LogP contribution in [-0.2, 0) is 6.54 Å². The maximum Gasteiger partial charge on any atom is 0.255 e. The van der Waals surface area contributed by atoms with Crippen molar-refractivity contribution in [3.8, 4) is 17.0 Å². The van der Waals surface area contributed by atoms with Gasteiger partial charge >= 0.3 is 0 Å². The van der Waals surface area contributed by atoms with Gasteiger partial charge in [-0.3, -0.25) is 9.48 Å². The number of carbonyl (C=O) groups is 1. The Bertz CT molecular complexity index is 980. The third-order valence-corrected chi connectivity index (χ3v) is 5.26. The van der Waals surface area contributed by atoms with Crippen LogP contribution in [0.4, 0.5) is 0 Å². The molecule has 29 heavy (non-hydrogen) atoms. The van der Waals surface area contributed by atoms with Gasteiger partial charge in [0.15, 0.2) is 0 Å². The van der Waals surface area contributed by atoms with E-state index in [-0.39, 0.29) is 11.9 Å². The highest BCUT2D eigenvalue weighted by Gasteiger charge is 2.29. The first-order chi connectivity index (χ1) is 14.1. The van der Waals surface area contributed by atoms with Crippen molar-refractivity contribution in [3.63, 3.8) is 0 Å². The number of nitrogens with one attached hydrogen (secondary N) is 1. The fourth-order valence-electron chi connectivity index (χ4n) is 3.42. The van der Waals surface area contributed by atoms with Crippen molar-refractivity contribution in [2.75, 3.05) is 13.7 Å². The predicted molar refractivity (Wildman–Crippen MR) is 113 cm³/mol. The van der Waals surface area contributed by atoms with Gasteiger partial charge in [-0.15, -0.1) is 0 Å². The fourth-order valence-corrected chi connectivity index (χ4v) is 3.42. The van der Waals surface area contributed by atoms with E-state index < -0.39 is 0 Å². The summed E-state index contributed by atoms with van der Waals surface area (Å²) in [7, 11) is 1.63. The quantitative estimate of drug-likeness (QED) is 0.619. The van der Waals surface area contributed by atoms with Crippen molar-refractivity contribution >= 4 is 5.91 Å². The second-order valence-electron chi connectivity index (χ2n) is 7.52. The molecule has 1 heterocycles. The standard InChI is InChI=1S/C23H26N4O2/c1-29-19-9-5-8-18(12-19)22-20(23(28)25-13-21(24)17-10-11-17)15-27(26-22)14-16-6-3-2-4-7-16/h2-9,12,15,17,21H,10-11,13-14,24H2,1H3,(H,25,28). The molecule has 0 aliphatic heterocycles. The summed E-state index contributed by atoms with van der Waals surface area (Å²) in [5.41, 5.74) is 9.28. The lowest BCUT2D eigenvalue weighted by atomic mass is 10.1. The van der Waals surface area contributed by atoms with Crippen LogP contribution >= 0.6 is 0 Å². The molecule has 0 radical (unpaired) electrons. The molecule has 1 amide bonds. The maximum atomic E-state index is 13.0. The zero-order valence-electron chi connectivity index (χ0n) is 16.5. The lowest BCUT2D eigenvalue weighted by Crippen LogP contribution is -2.38. The molecule has 0 spiro atoms. The smallest absolute Gasteiger partial charge is 0.255 e. The van der Waals surface area contributed by atoms with Crippen molar-refractivity contribution in [1.82, 2.24) is 15.1 Å². The van der Waals surface area contributed by atoms with E-state index >= 15 is 0 Å². The fraction of sp³-hybridized carbons (Fsp3) is 0.304. The summed E-state index contributed by atoms with van der Waals surface area (Å²) in [6.45, 7) is 1.07. The largest absolute Gasteiger partial charge is 0.497 e. The molecule has 0 saturated heterocycles. The minimum atomic E-state index is -0.154. The molecular weight excluding hydrogens is 364 g/mol. The number of nitrogens with two attached hydrogens (primary N) is 1. The van der Waals surface area contributed by atoms with E-state index in [1.807, 2.05) is 54.6 Å². The van der Waals surface area contributed by atoms with Crippen LogP contribution in [0.15, 0.2) is 60.8 Å². The number of aromatic nitrogens is 2. The summed E-state index contributed by atoms with van der Waals surface area (Å²) in [6, 6.07) is 17.7. The van der Waals surface area contributed by atoms with Crippen LogP contribution in [0.1, 0.15) is 28.8 Å². The molecule has 1 aliphatic carbocycles. The van der Waals surface area contributed by atoms with Crippen LogP contribution in [0.25, 0.3) is 11.3 Å². The summed E-state index contributed by atoms with van der Waals surface area (Å²) < 4.78 is 7.15. The highest BCUT2D eigenvalue weighted by atomic mass is 16.5. The van der Waals surface area contributed by atoms with E-state index in [1.165, 1.54) is 0 Å². The van der Waals surface area contributed by atoms with Gasteiger partial charge in [-0.1, -0.05) is 42.5 Å². The lowest BCUT2D eigenvalue weighted by Gasteiger charge is -2.11.